The highest BCUT2D eigenvalue weighted by Crippen LogP contribution is 2.22. The minimum atomic E-state index is 0.624. The lowest BCUT2D eigenvalue weighted by Crippen LogP contribution is -2.16. The lowest BCUT2D eigenvalue weighted by atomic mass is 10.2. The number of pyridine rings is 2. The molecule has 3 heterocycles. The monoisotopic (exact) mass is 356 g/mol. The molecule has 0 bridgehead atoms. The molecule has 0 saturated carbocycles. The van der Waals surface area contributed by atoms with Crippen LogP contribution >= 0.6 is 0 Å². The fourth-order valence-corrected chi connectivity index (χ4v) is 2.88. The number of para-hydroxylation sites is 1. The topological polar surface area (TPSA) is 52.0 Å². The second-order valence-electron chi connectivity index (χ2n) is 6.07. The summed E-state index contributed by atoms with van der Waals surface area (Å²) in [6.07, 6.45) is 7.43. The van der Waals surface area contributed by atoms with Gasteiger partial charge in [0.25, 0.3) is 0 Å². The van der Waals surface area contributed by atoms with Crippen LogP contribution in [-0.4, -0.2) is 14.5 Å². The number of benzene rings is 1. The van der Waals surface area contributed by atoms with Gasteiger partial charge in [-0.2, -0.15) is 0 Å². The van der Waals surface area contributed by atoms with Crippen LogP contribution in [-0.2, 0) is 13.1 Å². The van der Waals surface area contributed by atoms with Crippen molar-refractivity contribution in [3.8, 4) is 17.3 Å². The zero-order valence-electron chi connectivity index (χ0n) is 14.8. The van der Waals surface area contributed by atoms with E-state index in [1.807, 2.05) is 73.1 Å². The molecule has 1 N–H and O–H groups in total. The van der Waals surface area contributed by atoms with Crippen molar-refractivity contribution in [3.63, 3.8) is 0 Å². The van der Waals surface area contributed by atoms with Gasteiger partial charge in [-0.25, -0.2) is 4.98 Å². The zero-order valence-corrected chi connectivity index (χ0v) is 14.8. The Morgan fingerprint density at radius 1 is 0.852 bits per heavy atom. The molecule has 27 heavy (non-hydrogen) atoms. The largest absolute Gasteiger partial charge is 0.439 e. The third-order valence-corrected chi connectivity index (χ3v) is 4.19. The first kappa shape index (κ1) is 17.0. The minimum Gasteiger partial charge on any atom is -0.439 e. The van der Waals surface area contributed by atoms with Crippen LogP contribution in [0.3, 0.4) is 0 Å². The van der Waals surface area contributed by atoms with E-state index < -0.39 is 0 Å². The Labute approximate surface area is 158 Å². The molecular formula is C22H20N4O. The molecule has 5 nitrogen and oxygen atoms in total. The average molecular weight is 356 g/mol. The van der Waals surface area contributed by atoms with Crippen molar-refractivity contribution in [1.29, 1.82) is 0 Å². The van der Waals surface area contributed by atoms with Crippen LogP contribution in [0.4, 0.5) is 0 Å². The Kier molecular flexibility index (Phi) is 5.22. The summed E-state index contributed by atoms with van der Waals surface area (Å²) in [6.45, 7) is 1.38. The molecule has 0 fully saturated rings. The van der Waals surface area contributed by atoms with E-state index in [9.17, 15) is 0 Å². The van der Waals surface area contributed by atoms with E-state index in [1.165, 1.54) is 0 Å². The van der Waals surface area contributed by atoms with Crippen molar-refractivity contribution in [2.24, 2.45) is 0 Å². The van der Waals surface area contributed by atoms with E-state index in [4.69, 9.17) is 4.74 Å². The highest BCUT2D eigenvalue weighted by molar-refractivity contribution is 5.33. The maximum Gasteiger partial charge on any atom is 0.223 e. The molecule has 0 atom stereocenters. The van der Waals surface area contributed by atoms with Gasteiger partial charge in [0, 0.05) is 42.9 Å². The summed E-state index contributed by atoms with van der Waals surface area (Å²) in [7, 11) is 0. The molecule has 0 radical (unpaired) electrons. The van der Waals surface area contributed by atoms with Crippen molar-refractivity contribution < 1.29 is 4.74 Å². The van der Waals surface area contributed by atoms with E-state index in [2.05, 4.69) is 25.9 Å². The molecule has 1 aromatic carbocycles. The SMILES string of the molecule is c1ccc(Oc2ncccc2CNCc2cccn2-c2cccnc2)cc1. The molecule has 0 aliphatic heterocycles. The van der Waals surface area contributed by atoms with Gasteiger partial charge in [0.2, 0.25) is 5.88 Å². The molecule has 0 aliphatic carbocycles. The molecule has 0 saturated heterocycles. The predicted molar refractivity (Wildman–Crippen MR) is 105 cm³/mol. The number of hydrogen-bond donors (Lipinski definition) is 1. The van der Waals surface area contributed by atoms with E-state index in [0.717, 1.165) is 29.2 Å². The lowest BCUT2D eigenvalue weighted by Gasteiger charge is -2.12. The van der Waals surface area contributed by atoms with Gasteiger partial charge < -0.3 is 14.6 Å². The number of nitrogens with zero attached hydrogens (tertiary/aromatic N) is 3. The van der Waals surface area contributed by atoms with Crippen molar-refractivity contribution in [2.75, 3.05) is 0 Å². The molecule has 4 rings (SSSR count). The van der Waals surface area contributed by atoms with Gasteiger partial charge in [-0.05, 0) is 42.5 Å². The van der Waals surface area contributed by atoms with Crippen LogP contribution in [0.25, 0.3) is 5.69 Å². The number of hydrogen-bond acceptors (Lipinski definition) is 4. The Balaban J connectivity index is 1.43. The first-order chi connectivity index (χ1) is 13.4. The number of ether oxygens (including phenoxy) is 1. The van der Waals surface area contributed by atoms with Crippen LogP contribution in [0, 0.1) is 0 Å². The number of nitrogens with one attached hydrogen (secondary N) is 1. The Morgan fingerprint density at radius 3 is 2.59 bits per heavy atom. The van der Waals surface area contributed by atoms with Gasteiger partial charge in [-0.1, -0.05) is 24.3 Å². The second kappa shape index (κ2) is 8.29. The van der Waals surface area contributed by atoms with Gasteiger partial charge in [0.1, 0.15) is 5.75 Å². The molecule has 134 valence electrons. The fourth-order valence-electron chi connectivity index (χ4n) is 2.88. The Hall–Kier alpha value is -3.44. The maximum atomic E-state index is 5.93. The average Bonchev–Trinajstić information content (AvgIpc) is 3.19. The first-order valence-electron chi connectivity index (χ1n) is 8.84. The van der Waals surface area contributed by atoms with Gasteiger partial charge in [0.15, 0.2) is 0 Å². The summed E-state index contributed by atoms with van der Waals surface area (Å²) < 4.78 is 8.06. The number of rotatable bonds is 7. The van der Waals surface area contributed by atoms with E-state index >= 15 is 0 Å². The second-order valence-corrected chi connectivity index (χ2v) is 6.07. The zero-order chi connectivity index (χ0) is 18.3. The molecule has 3 aromatic heterocycles. The first-order valence-corrected chi connectivity index (χ1v) is 8.84. The molecule has 5 heteroatoms. The minimum absolute atomic E-state index is 0.624. The van der Waals surface area contributed by atoms with Crippen LogP contribution in [0.2, 0.25) is 0 Å². The Morgan fingerprint density at radius 2 is 1.74 bits per heavy atom. The predicted octanol–water partition coefficient (Wildman–Crippen LogP) is 4.35. The molecule has 0 aliphatic rings. The molecule has 0 unspecified atom stereocenters. The van der Waals surface area contributed by atoms with Crippen LogP contribution in [0.5, 0.6) is 11.6 Å². The summed E-state index contributed by atoms with van der Waals surface area (Å²) in [5.41, 5.74) is 3.23. The highest BCUT2D eigenvalue weighted by Gasteiger charge is 2.07. The summed E-state index contributed by atoms with van der Waals surface area (Å²) >= 11 is 0. The maximum absolute atomic E-state index is 5.93. The standard InChI is InChI=1S/C22H20N4O/c1-2-10-21(11-3-1)27-22-18(7-4-13-25-22)15-24-17-20-9-6-14-26(20)19-8-5-12-23-16-19/h1-14,16,24H,15,17H2. The fraction of sp³-hybridized carbons (Fsp3) is 0.0909. The summed E-state index contributed by atoms with van der Waals surface area (Å²) in [5, 5.41) is 3.48. The van der Waals surface area contributed by atoms with Crippen molar-refractivity contribution in [3.05, 3.63) is 103 Å². The molecule has 0 amide bonds. The third kappa shape index (κ3) is 4.22. The number of aromatic nitrogens is 3. The van der Waals surface area contributed by atoms with Gasteiger partial charge in [0.05, 0.1) is 11.9 Å². The van der Waals surface area contributed by atoms with Crippen molar-refractivity contribution in [1.82, 2.24) is 19.9 Å². The third-order valence-electron chi connectivity index (χ3n) is 4.19. The van der Waals surface area contributed by atoms with Crippen LogP contribution < -0.4 is 10.1 Å². The molecular weight excluding hydrogens is 336 g/mol. The quantitative estimate of drug-likeness (QED) is 0.535. The van der Waals surface area contributed by atoms with Gasteiger partial charge in [-0.3, -0.25) is 4.98 Å². The summed E-state index contributed by atoms with van der Waals surface area (Å²) in [5.74, 6) is 1.40. The molecule has 0 spiro atoms. The lowest BCUT2D eigenvalue weighted by molar-refractivity contribution is 0.452. The van der Waals surface area contributed by atoms with E-state index in [1.54, 1.807) is 12.4 Å². The van der Waals surface area contributed by atoms with Crippen molar-refractivity contribution >= 4 is 0 Å². The van der Waals surface area contributed by atoms with Crippen molar-refractivity contribution in [2.45, 2.75) is 13.1 Å². The van der Waals surface area contributed by atoms with Gasteiger partial charge >= 0.3 is 0 Å². The van der Waals surface area contributed by atoms with Crippen LogP contribution in [0.15, 0.2) is 91.5 Å². The summed E-state index contributed by atoms with van der Waals surface area (Å²) in [4.78, 5) is 8.57. The smallest absolute Gasteiger partial charge is 0.223 e. The Bertz CT molecular complexity index is 983. The normalized spacial score (nSPS) is 10.7. The van der Waals surface area contributed by atoms with Gasteiger partial charge in [-0.15, -0.1) is 0 Å². The van der Waals surface area contributed by atoms with E-state index in [0.29, 0.717) is 12.4 Å². The molecule has 4 aromatic rings. The van der Waals surface area contributed by atoms with E-state index in [-0.39, 0.29) is 0 Å². The van der Waals surface area contributed by atoms with Crippen LogP contribution in [0.1, 0.15) is 11.3 Å². The summed E-state index contributed by atoms with van der Waals surface area (Å²) in [6, 6.07) is 21.8. The highest BCUT2D eigenvalue weighted by atomic mass is 16.5.